The van der Waals surface area contributed by atoms with Crippen LogP contribution in [-0.2, 0) is 9.53 Å². The molecule has 0 bridgehead atoms. The lowest BCUT2D eigenvalue weighted by atomic mass is 10.3. The number of aliphatic hydroxyl groups excluding tert-OH is 1. The molecule has 0 amide bonds. The second-order valence-electron chi connectivity index (χ2n) is 2.54. The van der Waals surface area contributed by atoms with Gasteiger partial charge in [0.1, 0.15) is 0 Å². The Morgan fingerprint density at radius 3 is 2.54 bits per heavy atom. The van der Waals surface area contributed by atoms with Crippen molar-refractivity contribution in [2.45, 2.75) is 26.7 Å². The van der Waals surface area contributed by atoms with E-state index in [-0.39, 0.29) is 23.5 Å². The van der Waals surface area contributed by atoms with Crippen LogP contribution in [0.2, 0.25) is 0 Å². The van der Waals surface area contributed by atoms with Gasteiger partial charge in [-0.3, -0.25) is 0 Å². The van der Waals surface area contributed by atoms with Gasteiger partial charge < -0.3 is 9.84 Å². The van der Waals surface area contributed by atoms with E-state index in [0.717, 1.165) is 6.42 Å². The van der Waals surface area contributed by atoms with Gasteiger partial charge in [-0.05, 0) is 37.7 Å². The minimum atomic E-state index is -0.268. The lowest BCUT2D eigenvalue weighted by Crippen LogP contribution is -2.07. The number of hydrogen-bond acceptors (Lipinski definition) is 3. The zero-order valence-corrected chi connectivity index (χ0v) is 7.67. The highest BCUT2D eigenvalue weighted by molar-refractivity contribution is 5.87. The second kappa shape index (κ2) is 9.47. The lowest BCUT2D eigenvalue weighted by Gasteiger charge is -2.02. The van der Waals surface area contributed by atoms with E-state index in [4.69, 9.17) is 9.84 Å². The smallest absolute Gasteiger partial charge is 0.333 e. The zero-order chi connectivity index (χ0) is 9.40. The van der Waals surface area contributed by atoms with Gasteiger partial charge in [-0.25, -0.2) is 4.79 Å². The van der Waals surface area contributed by atoms with Crippen LogP contribution in [0.25, 0.3) is 0 Å². The summed E-state index contributed by atoms with van der Waals surface area (Å²) < 4.78 is 4.88. The fourth-order valence-electron chi connectivity index (χ4n) is 0.610. The van der Waals surface area contributed by atoms with Crippen LogP contribution in [0.5, 0.6) is 0 Å². The van der Waals surface area contributed by atoms with Crippen LogP contribution < -0.4 is 0 Å². The number of esters is 1. The molecule has 78 valence electrons. The predicted molar refractivity (Wildman–Crippen MR) is 58.0 cm³/mol. The van der Waals surface area contributed by atoms with Gasteiger partial charge in [-0.1, -0.05) is 6.08 Å². The summed E-state index contributed by atoms with van der Waals surface area (Å²) in [4.78, 5) is 11.0. The maximum absolute atomic E-state index is 11.0. The monoisotopic (exact) mass is 204 g/mol. The molecule has 0 unspecified atom stereocenters. The van der Waals surface area contributed by atoms with Crippen LogP contribution in [-0.4, -0.2) is 35.3 Å². The molecule has 0 radical (unpaired) electrons. The standard InChI is InChI=1S/C9H16O3.H4Si/c1-3-8(2)9(11)12-7-5-4-6-10;/h3,10H,4-7H2,1-2H3;1H4. The Hall–Kier alpha value is -0.613. The van der Waals surface area contributed by atoms with E-state index < -0.39 is 0 Å². The van der Waals surface area contributed by atoms with E-state index in [1.54, 1.807) is 19.9 Å². The number of allylic oxidation sites excluding steroid dienone is 1. The number of aliphatic hydroxyl groups is 1. The molecule has 3 nitrogen and oxygen atoms in total. The molecule has 0 atom stereocenters. The number of hydrogen-bond donors (Lipinski definition) is 1. The first kappa shape index (κ1) is 14.9. The number of rotatable bonds is 5. The van der Waals surface area contributed by atoms with Crippen molar-refractivity contribution >= 4 is 16.9 Å². The third kappa shape index (κ3) is 7.74. The molecule has 0 aromatic rings. The first-order valence-electron chi connectivity index (χ1n) is 4.13. The zero-order valence-electron chi connectivity index (χ0n) is 7.67. The molecular formula is C9H20O3Si. The molecule has 0 saturated carbocycles. The molecule has 4 heteroatoms. The van der Waals surface area contributed by atoms with E-state index in [0.29, 0.717) is 18.6 Å². The third-order valence-corrected chi connectivity index (χ3v) is 1.54. The maximum Gasteiger partial charge on any atom is 0.333 e. The van der Waals surface area contributed by atoms with Gasteiger partial charge in [0.15, 0.2) is 0 Å². The SMILES string of the molecule is CC=C(C)C(=O)OCCCCO.[SiH4]. The molecule has 0 heterocycles. The van der Waals surface area contributed by atoms with Crippen molar-refractivity contribution in [1.82, 2.24) is 0 Å². The summed E-state index contributed by atoms with van der Waals surface area (Å²) in [6, 6.07) is 0. The van der Waals surface area contributed by atoms with Crippen molar-refractivity contribution in [2.75, 3.05) is 13.2 Å². The van der Waals surface area contributed by atoms with Crippen molar-refractivity contribution in [1.29, 1.82) is 0 Å². The van der Waals surface area contributed by atoms with E-state index in [9.17, 15) is 4.79 Å². The highest BCUT2D eigenvalue weighted by atomic mass is 28.1. The Balaban J connectivity index is 0. The minimum absolute atomic E-state index is 0. The van der Waals surface area contributed by atoms with Crippen LogP contribution in [0.3, 0.4) is 0 Å². The molecule has 0 fully saturated rings. The largest absolute Gasteiger partial charge is 0.462 e. The highest BCUT2D eigenvalue weighted by Gasteiger charge is 2.02. The fourth-order valence-corrected chi connectivity index (χ4v) is 0.610. The summed E-state index contributed by atoms with van der Waals surface area (Å²) in [6.07, 6.45) is 3.12. The van der Waals surface area contributed by atoms with Crippen LogP contribution in [0.15, 0.2) is 11.6 Å². The summed E-state index contributed by atoms with van der Waals surface area (Å²) in [7, 11) is 0. The van der Waals surface area contributed by atoms with Crippen LogP contribution in [0.1, 0.15) is 26.7 Å². The van der Waals surface area contributed by atoms with Crippen molar-refractivity contribution in [3.63, 3.8) is 0 Å². The highest BCUT2D eigenvalue weighted by Crippen LogP contribution is 1.97. The summed E-state index contributed by atoms with van der Waals surface area (Å²) >= 11 is 0. The quantitative estimate of drug-likeness (QED) is 0.292. The van der Waals surface area contributed by atoms with E-state index >= 15 is 0 Å². The molecule has 0 rings (SSSR count). The number of carbonyl (C=O) groups is 1. The average molecular weight is 204 g/mol. The Morgan fingerprint density at radius 2 is 2.08 bits per heavy atom. The third-order valence-electron chi connectivity index (χ3n) is 1.54. The Morgan fingerprint density at radius 1 is 1.46 bits per heavy atom. The topological polar surface area (TPSA) is 46.5 Å². The second-order valence-corrected chi connectivity index (χ2v) is 2.54. The van der Waals surface area contributed by atoms with E-state index in [1.165, 1.54) is 0 Å². The van der Waals surface area contributed by atoms with Crippen LogP contribution in [0, 0.1) is 0 Å². The summed E-state index contributed by atoms with van der Waals surface area (Å²) in [5.41, 5.74) is 0.624. The van der Waals surface area contributed by atoms with E-state index in [1.807, 2.05) is 0 Å². The van der Waals surface area contributed by atoms with Crippen molar-refractivity contribution < 1.29 is 14.6 Å². The molecule has 13 heavy (non-hydrogen) atoms. The van der Waals surface area contributed by atoms with Gasteiger partial charge in [-0.15, -0.1) is 0 Å². The molecule has 0 aliphatic rings. The van der Waals surface area contributed by atoms with Crippen LogP contribution in [0.4, 0.5) is 0 Å². The maximum atomic E-state index is 11.0. The average Bonchev–Trinajstić information content (AvgIpc) is 2.10. The van der Waals surface area contributed by atoms with Gasteiger partial charge >= 0.3 is 5.97 Å². The number of unbranched alkanes of at least 4 members (excludes halogenated alkanes) is 1. The molecule has 0 aliphatic heterocycles. The van der Waals surface area contributed by atoms with Crippen molar-refractivity contribution in [2.24, 2.45) is 0 Å². The number of carbonyl (C=O) groups excluding carboxylic acids is 1. The summed E-state index contributed by atoms with van der Waals surface area (Å²) in [5, 5.41) is 8.43. The summed E-state index contributed by atoms with van der Waals surface area (Å²) in [6.45, 7) is 4.06. The molecule has 0 aromatic heterocycles. The van der Waals surface area contributed by atoms with Gasteiger partial charge in [0.25, 0.3) is 0 Å². The molecule has 1 N–H and O–H groups in total. The Kier molecular flexibility index (Phi) is 10.8. The van der Waals surface area contributed by atoms with Gasteiger partial charge in [0, 0.05) is 12.2 Å². The molecule has 0 saturated heterocycles. The fraction of sp³-hybridized carbons (Fsp3) is 0.667. The van der Waals surface area contributed by atoms with Gasteiger partial charge in [0.05, 0.1) is 6.61 Å². The molecule has 0 aliphatic carbocycles. The molecule has 0 aromatic carbocycles. The van der Waals surface area contributed by atoms with Gasteiger partial charge in [-0.2, -0.15) is 0 Å². The molecule has 0 spiro atoms. The normalized spacial score (nSPS) is 10.5. The summed E-state index contributed by atoms with van der Waals surface area (Å²) in [5.74, 6) is -0.268. The lowest BCUT2D eigenvalue weighted by molar-refractivity contribution is -0.139. The Bertz CT molecular complexity index is 166. The first-order valence-corrected chi connectivity index (χ1v) is 4.13. The van der Waals surface area contributed by atoms with Crippen molar-refractivity contribution in [3.8, 4) is 0 Å². The van der Waals surface area contributed by atoms with E-state index in [2.05, 4.69) is 0 Å². The first-order chi connectivity index (χ1) is 5.72. The van der Waals surface area contributed by atoms with Crippen molar-refractivity contribution in [3.05, 3.63) is 11.6 Å². The molecular weight excluding hydrogens is 184 g/mol. The minimum Gasteiger partial charge on any atom is -0.462 e. The Labute approximate surface area is 83.8 Å². The number of ether oxygens (including phenoxy) is 1. The van der Waals surface area contributed by atoms with Gasteiger partial charge in [0.2, 0.25) is 0 Å². The van der Waals surface area contributed by atoms with Crippen LogP contribution >= 0.6 is 0 Å². The predicted octanol–water partition coefficient (Wildman–Crippen LogP) is -0.183.